The van der Waals surface area contributed by atoms with Gasteiger partial charge in [-0.15, -0.1) is 0 Å². The number of fused-ring (bicyclic) bond motifs is 2. The lowest BCUT2D eigenvalue weighted by molar-refractivity contribution is -0.192. The summed E-state index contributed by atoms with van der Waals surface area (Å²) in [6.07, 6.45) is -5.08. The Morgan fingerprint density at radius 3 is 2.31 bits per heavy atom. The fraction of sp³-hybridized carbons (Fsp3) is 0.333. The van der Waals surface area contributed by atoms with Crippen molar-refractivity contribution in [2.24, 2.45) is 0 Å². The minimum Gasteiger partial charge on any atom is -0.508 e. The number of aromatic hydroxyl groups is 1. The van der Waals surface area contributed by atoms with Gasteiger partial charge in [-0.3, -0.25) is 9.69 Å². The fourth-order valence-corrected chi connectivity index (χ4v) is 3.49. The molecule has 32 heavy (non-hydrogen) atoms. The normalized spacial score (nSPS) is 17.5. The van der Waals surface area contributed by atoms with Crippen molar-refractivity contribution in [2.75, 3.05) is 19.8 Å². The zero-order valence-electron chi connectivity index (χ0n) is 16.6. The first-order valence-corrected chi connectivity index (χ1v) is 9.50. The van der Waals surface area contributed by atoms with Crippen LogP contribution >= 0.6 is 0 Å². The van der Waals surface area contributed by atoms with Gasteiger partial charge >= 0.3 is 18.1 Å². The van der Waals surface area contributed by atoms with E-state index in [4.69, 9.17) is 19.4 Å². The number of phenolic OH excluding ortho intramolecular Hbond substituents is 1. The van der Waals surface area contributed by atoms with E-state index in [1.807, 2.05) is 18.2 Å². The molecule has 2 aromatic rings. The summed E-state index contributed by atoms with van der Waals surface area (Å²) in [7, 11) is 0. The van der Waals surface area contributed by atoms with E-state index < -0.39 is 24.0 Å². The summed E-state index contributed by atoms with van der Waals surface area (Å²) in [5, 5.41) is 26.4. The van der Waals surface area contributed by atoms with Crippen molar-refractivity contribution in [1.29, 1.82) is 0 Å². The van der Waals surface area contributed by atoms with Gasteiger partial charge in [0, 0.05) is 19.6 Å². The predicted octanol–water partition coefficient (Wildman–Crippen LogP) is 2.98. The Kier molecular flexibility index (Phi) is 6.78. The third-order valence-electron chi connectivity index (χ3n) is 4.89. The Hall–Kier alpha value is -3.47. The maximum absolute atomic E-state index is 11.7. The topological polar surface area (TPSA) is 117 Å². The largest absolute Gasteiger partial charge is 0.508 e. The second kappa shape index (κ2) is 9.35. The molecule has 2 aliphatic heterocycles. The van der Waals surface area contributed by atoms with Gasteiger partial charge in [0.15, 0.2) is 11.5 Å². The highest BCUT2D eigenvalue weighted by Gasteiger charge is 2.38. The first-order valence-electron chi connectivity index (χ1n) is 9.50. The Morgan fingerprint density at radius 1 is 1.03 bits per heavy atom. The van der Waals surface area contributed by atoms with Gasteiger partial charge in [0.1, 0.15) is 19.0 Å². The molecular weight excluding hydrogens is 435 g/mol. The monoisotopic (exact) mass is 455 g/mol. The molecule has 2 aliphatic rings. The van der Waals surface area contributed by atoms with E-state index in [1.165, 1.54) is 0 Å². The molecule has 8 nitrogen and oxygen atoms in total. The van der Waals surface area contributed by atoms with Crippen molar-refractivity contribution in [3.63, 3.8) is 0 Å². The highest BCUT2D eigenvalue weighted by Crippen LogP contribution is 2.34. The number of alkyl halides is 3. The SMILES string of the molecule is O=C(O)C(F)(F)F.O=C(O)C1CN(Cc2ccc3c(c2)OCCO3)Cc2ccc(O)cc21. The number of ether oxygens (including phenoxy) is 2. The van der Waals surface area contributed by atoms with Gasteiger partial charge in [-0.2, -0.15) is 13.2 Å². The first kappa shape index (κ1) is 23.2. The number of hydrogen-bond donors (Lipinski definition) is 3. The van der Waals surface area contributed by atoms with Gasteiger partial charge in [-0.05, 0) is 41.0 Å². The number of rotatable bonds is 3. The molecule has 1 atom stereocenters. The van der Waals surface area contributed by atoms with E-state index >= 15 is 0 Å². The van der Waals surface area contributed by atoms with Crippen LogP contribution in [0.3, 0.4) is 0 Å². The van der Waals surface area contributed by atoms with Crippen molar-refractivity contribution in [3.8, 4) is 17.2 Å². The summed E-state index contributed by atoms with van der Waals surface area (Å²) >= 11 is 0. The fourth-order valence-electron chi connectivity index (χ4n) is 3.49. The number of halogens is 3. The van der Waals surface area contributed by atoms with Gasteiger partial charge in [0.2, 0.25) is 0 Å². The quantitative estimate of drug-likeness (QED) is 0.647. The Morgan fingerprint density at radius 2 is 1.69 bits per heavy atom. The minimum absolute atomic E-state index is 0.102. The Bertz CT molecular complexity index is 1010. The zero-order chi connectivity index (χ0) is 23.5. The van der Waals surface area contributed by atoms with Gasteiger partial charge < -0.3 is 24.8 Å². The molecule has 2 aromatic carbocycles. The van der Waals surface area contributed by atoms with Gasteiger partial charge in [0.25, 0.3) is 0 Å². The maximum atomic E-state index is 11.7. The number of carbonyl (C=O) groups is 2. The molecule has 11 heteroatoms. The van der Waals surface area contributed by atoms with E-state index in [1.54, 1.807) is 18.2 Å². The molecule has 0 saturated heterocycles. The molecule has 3 N–H and O–H groups in total. The molecule has 0 saturated carbocycles. The minimum atomic E-state index is -5.08. The molecule has 172 valence electrons. The Labute approximate surface area is 180 Å². The van der Waals surface area contributed by atoms with Crippen LogP contribution in [-0.2, 0) is 22.7 Å². The van der Waals surface area contributed by atoms with Gasteiger partial charge in [0.05, 0.1) is 5.92 Å². The summed E-state index contributed by atoms with van der Waals surface area (Å²) in [6, 6.07) is 10.8. The molecule has 0 amide bonds. The molecule has 0 radical (unpaired) electrons. The second-order valence-corrected chi connectivity index (χ2v) is 7.22. The van der Waals surface area contributed by atoms with Crippen molar-refractivity contribution in [1.82, 2.24) is 4.90 Å². The number of benzene rings is 2. The van der Waals surface area contributed by atoms with Crippen LogP contribution in [0.5, 0.6) is 17.2 Å². The highest BCUT2D eigenvalue weighted by atomic mass is 19.4. The number of aliphatic carboxylic acids is 2. The zero-order valence-corrected chi connectivity index (χ0v) is 16.6. The lowest BCUT2D eigenvalue weighted by Gasteiger charge is -2.33. The maximum Gasteiger partial charge on any atom is 0.490 e. The number of hydrogen-bond acceptors (Lipinski definition) is 6. The van der Waals surface area contributed by atoms with Crippen molar-refractivity contribution >= 4 is 11.9 Å². The van der Waals surface area contributed by atoms with Crippen LogP contribution < -0.4 is 9.47 Å². The molecule has 0 fully saturated rings. The smallest absolute Gasteiger partial charge is 0.490 e. The summed E-state index contributed by atoms with van der Waals surface area (Å²) in [5.41, 5.74) is 2.69. The van der Waals surface area contributed by atoms with Crippen LogP contribution in [0.4, 0.5) is 13.2 Å². The Balaban J connectivity index is 0.000000360. The number of phenols is 1. The van der Waals surface area contributed by atoms with Crippen LogP contribution in [0.15, 0.2) is 36.4 Å². The standard InChI is InChI=1S/C19H19NO5.C2HF3O2/c21-14-3-2-13-10-20(11-16(19(22)23)15(13)8-14)9-12-1-4-17-18(7-12)25-6-5-24-17;3-2(4,5)1(6)7/h1-4,7-8,16,21H,5-6,9-11H2,(H,22,23);(H,6,7). The van der Waals surface area contributed by atoms with E-state index in [9.17, 15) is 28.2 Å². The van der Waals surface area contributed by atoms with Gasteiger partial charge in [-0.25, -0.2) is 4.79 Å². The molecule has 2 heterocycles. The third kappa shape index (κ3) is 5.61. The van der Waals surface area contributed by atoms with Crippen molar-refractivity contribution in [2.45, 2.75) is 25.2 Å². The number of carboxylic acids is 2. The van der Waals surface area contributed by atoms with Crippen LogP contribution in [0.25, 0.3) is 0 Å². The van der Waals surface area contributed by atoms with E-state index in [0.29, 0.717) is 38.4 Å². The number of nitrogens with zero attached hydrogens (tertiary/aromatic N) is 1. The van der Waals surface area contributed by atoms with Gasteiger partial charge in [-0.1, -0.05) is 12.1 Å². The lowest BCUT2D eigenvalue weighted by atomic mass is 9.89. The average molecular weight is 455 g/mol. The first-order chi connectivity index (χ1) is 15.0. The summed E-state index contributed by atoms with van der Waals surface area (Å²) in [6.45, 7) is 2.77. The molecule has 0 bridgehead atoms. The van der Waals surface area contributed by atoms with Crippen molar-refractivity contribution in [3.05, 3.63) is 53.1 Å². The highest BCUT2D eigenvalue weighted by molar-refractivity contribution is 5.77. The molecule has 4 rings (SSSR count). The summed E-state index contributed by atoms with van der Waals surface area (Å²) in [5.74, 6) is -2.69. The van der Waals surface area contributed by atoms with Crippen LogP contribution in [-0.4, -0.2) is 58.1 Å². The van der Waals surface area contributed by atoms with E-state index in [-0.39, 0.29) is 5.75 Å². The van der Waals surface area contributed by atoms with Crippen LogP contribution in [0, 0.1) is 0 Å². The molecule has 0 aliphatic carbocycles. The van der Waals surface area contributed by atoms with Crippen molar-refractivity contribution < 1.29 is 47.6 Å². The summed E-state index contributed by atoms with van der Waals surface area (Å²) < 4.78 is 42.9. The van der Waals surface area contributed by atoms with E-state index in [2.05, 4.69) is 4.90 Å². The second-order valence-electron chi connectivity index (χ2n) is 7.22. The molecular formula is C21H20F3NO7. The molecule has 0 spiro atoms. The molecule has 1 unspecified atom stereocenters. The summed E-state index contributed by atoms with van der Waals surface area (Å²) in [4.78, 5) is 22.7. The molecule has 0 aromatic heterocycles. The number of carboxylic acid groups (broad SMARTS) is 2. The van der Waals surface area contributed by atoms with Crippen LogP contribution in [0.1, 0.15) is 22.6 Å². The third-order valence-corrected chi connectivity index (χ3v) is 4.89. The lowest BCUT2D eigenvalue weighted by Crippen LogP contribution is -2.36. The van der Waals surface area contributed by atoms with Crippen LogP contribution in [0.2, 0.25) is 0 Å². The van der Waals surface area contributed by atoms with E-state index in [0.717, 1.165) is 22.6 Å². The average Bonchev–Trinajstić information content (AvgIpc) is 2.73. The predicted molar refractivity (Wildman–Crippen MR) is 104 cm³/mol.